The van der Waals surface area contributed by atoms with Gasteiger partial charge in [-0.25, -0.2) is 0 Å². The second-order valence-corrected chi connectivity index (χ2v) is 10.5. The Labute approximate surface area is 219 Å². The summed E-state index contributed by atoms with van der Waals surface area (Å²) in [4.78, 5) is 1.65. The minimum Gasteiger partial charge on any atom is -0.505 e. The van der Waals surface area contributed by atoms with Crippen molar-refractivity contribution < 1.29 is 5.11 Å². The van der Waals surface area contributed by atoms with Gasteiger partial charge in [-0.1, -0.05) is 110 Å². The SMILES string of the molecule is CCCCCCCCCc1cc(CCCCCCCCC)c(O)c(-n2nc3ccc(CC)cc3n2)c1. The lowest BCUT2D eigenvalue weighted by molar-refractivity contribution is 0.458. The maximum absolute atomic E-state index is 11.3. The van der Waals surface area contributed by atoms with Gasteiger partial charge in [0, 0.05) is 0 Å². The van der Waals surface area contributed by atoms with Crippen LogP contribution in [0, 0.1) is 0 Å². The summed E-state index contributed by atoms with van der Waals surface area (Å²) in [7, 11) is 0. The molecule has 3 aromatic rings. The number of benzene rings is 2. The first-order valence-electron chi connectivity index (χ1n) is 14.9. The summed E-state index contributed by atoms with van der Waals surface area (Å²) in [6.45, 7) is 6.69. The van der Waals surface area contributed by atoms with Gasteiger partial charge in [0.2, 0.25) is 0 Å². The van der Waals surface area contributed by atoms with Crippen molar-refractivity contribution in [3.05, 3.63) is 47.0 Å². The Morgan fingerprint density at radius 3 is 1.83 bits per heavy atom. The molecule has 0 unspecified atom stereocenters. The zero-order chi connectivity index (χ0) is 25.6. The number of fused-ring (bicyclic) bond motifs is 1. The molecule has 198 valence electrons. The van der Waals surface area contributed by atoms with Crippen molar-refractivity contribution in [3.8, 4) is 11.4 Å². The van der Waals surface area contributed by atoms with Crippen molar-refractivity contribution in [1.29, 1.82) is 0 Å². The number of rotatable bonds is 18. The van der Waals surface area contributed by atoms with E-state index in [1.807, 2.05) is 6.07 Å². The van der Waals surface area contributed by atoms with Crippen LogP contribution in [0.25, 0.3) is 16.7 Å². The Bertz CT molecular complexity index is 1040. The van der Waals surface area contributed by atoms with Crippen LogP contribution in [0.4, 0.5) is 0 Å². The van der Waals surface area contributed by atoms with Gasteiger partial charge in [0.1, 0.15) is 22.5 Å². The third-order valence-corrected chi connectivity index (χ3v) is 7.42. The van der Waals surface area contributed by atoms with Crippen LogP contribution < -0.4 is 0 Å². The Kier molecular flexibility index (Phi) is 12.3. The van der Waals surface area contributed by atoms with Gasteiger partial charge in [-0.15, -0.1) is 15.0 Å². The molecule has 0 aliphatic heterocycles. The molecule has 0 aliphatic rings. The molecule has 0 atom stereocenters. The van der Waals surface area contributed by atoms with Gasteiger partial charge in [0.05, 0.1) is 0 Å². The van der Waals surface area contributed by atoms with E-state index in [2.05, 4.69) is 45.0 Å². The predicted molar refractivity (Wildman–Crippen MR) is 153 cm³/mol. The highest BCUT2D eigenvalue weighted by atomic mass is 16.3. The Morgan fingerprint density at radius 1 is 0.611 bits per heavy atom. The van der Waals surface area contributed by atoms with Gasteiger partial charge in [-0.05, 0) is 67.0 Å². The Balaban J connectivity index is 1.72. The van der Waals surface area contributed by atoms with Gasteiger partial charge >= 0.3 is 0 Å². The quantitative estimate of drug-likeness (QED) is 0.180. The second kappa shape index (κ2) is 15.7. The highest BCUT2D eigenvalue weighted by Gasteiger charge is 2.15. The lowest BCUT2D eigenvalue weighted by atomic mass is 9.98. The number of aromatic nitrogens is 3. The van der Waals surface area contributed by atoms with Crippen LogP contribution in [-0.2, 0) is 19.3 Å². The standard InChI is InChI=1S/C32H49N3O/c1-4-7-9-11-13-15-17-19-27-23-28(20-18-16-14-12-10-8-5-2)32(36)31(25-27)35-33-29-22-21-26(6-3)24-30(29)34-35/h21-25,36H,4-20H2,1-3H3. The number of hydrogen-bond acceptors (Lipinski definition) is 3. The third kappa shape index (κ3) is 8.64. The molecule has 36 heavy (non-hydrogen) atoms. The molecule has 1 aromatic heterocycles. The fourth-order valence-corrected chi connectivity index (χ4v) is 5.08. The van der Waals surface area contributed by atoms with Crippen LogP contribution in [0.1, 0.15) is 127 Å². The number of phenols is 1. The molecule has 3 rings (SSSR count). The summed E-state index contributed by atoms with van der Waals surface area (Å²) in [5.74, 6) is 0.348. The monoisotopic (exact) mass is 491 g/mol. The van der Waals surface area contributed by atoms with Crippen molar-refractivity contribution in [3.63, 3.8) is 0 Å². The van der Waals surface area contributed by atoms with E-state index in [0.29, 0.717) is 5.75 Å². The summed E-state index contributed by atoms with van der Waals surface area (Å²) >= 11 is 0. The van der Waals surface area contributed by atoms with E-state index in [1.54, 1.807) is 4.80 Å². The molecule has 0 saturated heterocycles. The van der Waals surface area contributed by atoms with Gasteiger partial charge in [0.25, 0.3) is 0 Å². The van der Waals surface area contributed by atoms with Crippen molar-refractivity contribution >= 4 is 11.0 Å². The largest absolute Gasteiger partial charge is 0.505 e. The zero-order valence-corrected chi connectivity index (χ0v) is 23.2. The highest BCUT2D eigenvalue weighted by molar-refractivity contribution is 5.75. The molecule has 2 aromatic carbocycles. The molecule has 0 radical (unpaired) electrons. The number of nitrogens with zero attached hydrogens (tertiary/aromatic N) is 3. The summed E-state index contributed by atoms with van der Waals surface area (Å²) in [5, 5.41) is 20.7. The van der Waals surface area contributed by atoms with Gasteiger partial charge < -0.3 is 5.11 Å². The van der Waals surface area contributed by atoms with Gasteiger partial charge in [0.15, 0.2) is 0 Å². The maximum Gasteiger partial charge on any atom is 0.146 e. The van der Waals surface area contributed by atoms with Crippen molar-refractivity contribution in [1.82, 2.24) is 15.0 Å². The first-order valence-corrected chi connectivity index (χ1v) is 14.9. The molecule has 0 fully saturated rings. The number of aryl methyl sites for hydroxylation is 3. The first-order chi connectivity index (χ1) is 17.7. The number of aromatic hydroxyl groups is 1. The number of unbranched alkanes of at least 4 members (excludes halogenated alkanes) is 12. The molecule has 4 nitrogen and oxygen atoms in total. The summed E-state index contributed by atoms with van der Waals surface area (Å²) in [6.07, 6.45) is 21.0. The van der Waals surface area contributed by atoms with Crippen LogP contribution >= 0.6 is 0 Å². The molecule has 1 heterocycles. The normalized spacial score (nSPS) is 11.5. The molecule has 0 aliphatic carbocycles. The van der Waals surface area contributed by atoms with Crippen LogP contribution in [0.2, 0.25) is 0 Å². The second-order valence-electron chi connectivity index (χ2n) is 10.5. The van der Waals surface area contributed by atoms with E-state index < -0.39 is 0 Å². The molecule has 0 spiro atoms. The van der Waals surface area contributed by atoms with Crippen LogP contribution in [0.3, 0.4) is 0 Å². The predicted octanol–water partition coefficient (Wildman–Crippen LogP) is 9.27. The summed E-state index contributed by atoms with van der Waals surface area (Å²) < 4.78 is 0. The molecule has 0 bridgehead atoms. The molecule has 0 amide bonds. The lowest BCUT2D eigenvalue weighted by Gasteiger charge is -2.13. The van der Waals surface area contributed by atoms with E-state index in [9.17, 15) is 5.11 Å². The molecule has 4 heteroatoms. The number of phenolic OH excluding ortho intramolecular Hbond substituents is 1. The van der Waals surface area contributed by atoms with Gasteiger partial charge in [-0.2, -0.15) is 0 Å². The average Bonchev–Trinajstić information content (AvgIpc) is 3.32. The lowest BCUT2D eigenvalue weighted by Crippen LogP contribution is -2.03. The minimum absolute atomic E-state index is 0.348. The van der Waals surface area contributed by atoms with E-state index in [4.69, 9.17) is 10.2 Å². The van der Waals surface area contributed by atoms with Crippen LogP contribution in [-0.4, -0.2) is 20.1 Å². The minimum atomic E-state index is 0.348. The Hall–Kier alpha value is -2.36. The van der Waals surface area contributed by atoms with Crippen LogP contribution in [0.15, 0.2) is 30.3 Å². The summed E-state index contributed by atoms with van der Waals surface area (Å²) in [5.41, 5.74) is 6.09. The van der Waals surface area contributed by atoms with Crippen LogP contribution in [0.5, 0.6) is 5.75 Å². The molecular formula is C32H49N3O. The topological polar surface area (TPSA) is 50.9 Å². The average molecular weight is 492 g/mol. The Morgan fingerprint density at radius 2 is 1.19 bits per heavy atom. The van der Waals surface area contributed by atoms with E-state index in [0.717, 1.165) is 48.0 Å². The van der Waals surface area contributed by atoms with Crippen molar-refractivity contribution in [2.75, 3.05) is 0 Å². The fraction of sp³-hybridized carbons (Fsp3) is 0.625. The fourth-order valence-electron chi connectivity index (χ4n) is 5.08. The van der Waals surface area contributed by atoms with E-state index in [1.165, 1.54) is 94.6 Å². The third-order valence-electron chi connectivity index (χ3n) is 7.42. The molecule has 0 saturated carbocycles. The number of hydrogen-bond donors (Lipinski definition) is 1. The van der Waals surface area contributed by atoms with Crippen molar-refractivity contribution in [2.24, 2.45) is 0 Å². The van der Waals surface area contributed by atoms with E-state index >= 15 is 0 Å². The highest BCUT2D eigenvalue weighted by Crippen LogP contribution is 2.30. The molecule has 1 N–H and O–H groups in total. The van der Waals surface area contributed by atoms with Crippen molar-refractivity contribution in [2.45, 2.75) is 130 Å². The van der Waals surface area contributed by atoms with Gasteiger partial charge in [-0.3, -0.25) is 0 Å². The van der Waals surface area contributed by atoms with E-state index in [-0.39, 0.29) is 0 Å². The maximum atomic E-state index is 11.3. The zero-order valence-electron chi connectivity index (χ0n) is 23.2. The first kappa shape index (κ1) is 28.2. The summed E-state index contributed by atoms with van der Waals surface area (Å²) in [6, 6.07) is 10.6. The molecular weight excluding hydrogens is 442 g/mol. The smallest absolute Gasteiger partial charge is 0.146 e.